The first-order valence-electron chi connectivity index (χ1n) is 24.9. The van der Waals surface area contributed by atoms with Crippen LogP contribution in [0.2, 0.25) is 0 Å². The molecule has 2 saturated heterocycles. The number of amides is 2. The van der Waals surface area contributed by atoms with Crippen molar-refractivity contribution >= 4 is 58.9 Å². The van der Waals surface area contributed by atoms with Crippen LogP contribution in [0.4, 0.5) is 11.6 Å². The molecule has 4 fully saturated rings. The van der Waals surface area contributed by atoms with E-state index in [1.807, 2.05) is 54.7 Å². The standard InChI is InChI=1S/C27H35N3O3S.C26H34N4O3S/c31-25(32)18-21-10-7-16-30(19-21)24-14-13-23(26(33)28-22-11-5-2-6-12-22)27(29-24)34-17-15-20-8-3-1-4-9-20;31-24(32)16-20-7-5-14-30(18-20)23-11-10-22(25(33)28-21-8-2-1-3-9-21)26(29-23)34-15-12-19-6-4-13-27-17-19/h1,3-4,8-9,13-14,21-22H,2,5-7,10-12,15-19H2,(H,28,33)(H,31,32);4,6,10-11,13,17,20-21H,1-3,5,7-9,12,14-16,18H2,(H,28,33)(H,31,32)/t21-;20-/m00/s1. The summed E-state index contributed by atoms with van der Waals surface area (Å²) in [5, 5.41) is 26.4. The first kappa shape index (κ1) is 50.7. The van der Waals surface area contributed by atoms with E-state index in [0.29, 0.717) is 24.2 Å². The number of anilines is 2. The molecule has 13 nitrogen and oxygen atoms in total. The number of rotatable bonds is 18. The maximum atomic E-state index is 13.2. The van der Waals surface area contributed by atoms with E-state index in [1.54, 1.807) is 29.7 Å². The van der Waals surface area contributed by atoms with E-state index in [9.17, 15) is 29.4 Å². The van der Waals surface area contributed by atoms with Gasteiger partial charge in [0.15, 0.2) is 0 Å². The number of carbonyl (C=O) groups is 4. The number of hydrogen-bond donors (Lipinski definition) is 4. The Morgan fingerprint density at radius 3 is 1.49 bits per heavy atom. The third-order valence-electron chi connectivity index (χ3n) is 13.5. The van der Waals surface area contributed by atoms with Crippen molar-refractivity contribution in [2.75, 3.05) is 47.5 Å². The molecule has 2 amide bonds. The monoisotopic (exact) mass is 963 g/mol. The van der Waals surface area contributed by atoms with Gasteiger partial charge >= 0.3 is 11.9 Å². The largest absolute Gasteiger partial charge is 0.481 e. The number of nitrogens with zero attached hydrogens (tertiary/aromatic N) is 5. The van der Waals surface area contributed by atoms with E-state index in [-0.39, 0.29) is 48.6 Å². The smallest absolute Gasteiger partial charge is 0.303 e. The highest BCUT2D eigenvalue weighted by molar-refractivity contribution is 7.99. The molecule has 0 bridgehead atoms. The number of carbonyl (C=O) groups excluding carboxylic acids is 2. The molecule has 5 heterocycles. The molecular weight excluding hydrogens is 895 g/mol. The minimum absolute atomic E-state index is 0.0319. The van der Waals surface area contributed by atoms with Crippen LogP contribution < -0.4 is 20.4 Å². The van der Waals surface area contributed by atoms with Gasteiger partial charge in [-0.25, -0.2) is 9.97 Å². The SMILES string of the molecule is O=C(O)C[C@@H]1CCCN(c2ccc(C(=O)NC3CCCCC3)c(SCCc3ccccc3)n2)C1.O=C(O)C[C@@H]1CCCN(c2ccc(C(=O)NC3CCCCC3)c(SCCc3cccnc3)n2)C1. The Hall–Kier alpha value is -5.15. The van der Waals surface area contributed by atoms with E-state index < -0.39 is 11.9 Å². The van der Waals surface area contributed by atoms with Crippen molar-refractivity contribution in [2.24, 2.45) is 11.8 Å². The van der Waals surface area contributed by atoms with Gasteiger partial charge in [0, 0.05) is 75.0 Å². The number of benzene rings is 1. The number of aromatic nitrogens is 3. The van der Waals surface area contributed by atoms with Crippen molar-refractivity contribution in [3.63, 3.8) is 0 Å². The van der Waals surface area contributed by atoms with Crippen LogP contribution in [0.3, 0.4) is 0 Å². The molecule has 3 aromatic heterocycles. The van der Waals surface area contributed by atoms with Crippen LogP contribution in [0.15, 0.2) is 89.2 Å². The Kier molecular flexibility index (Phi) is 19.8. The molecule has 0 unspecified atom stereocenters. The van der Waals surface area contributed by atoms with Gasteiger partial charge < -0.3 is 30.6 Å². The predicted octanol–water partition coefficient (Wildman–Crippen LogP) is 9.73. The first-order chi connectivity index (χ1) is 33.2. The summed E-state index contributed by atoms with van der Waals surface area (Å²) in [7, 11) is 0. The number of pyridine rings is 3. The third kappa shape index (κ3) is 16.0. The lowest BCUT2D eigenvalue weighted by atomic mass is 9.95. The zero-order valence-electron chi connectivity index (χ0n) is 39.4. The van der Waals surface area contributed by atoms with E-state index in [0.717, 1.165) is 116 Å². The number of hydrogen-bond acceptors (Lipinski definition) is 11. The van der Waals surface area contributed by atoms with Crippen LogP contribution in [0, 0.1) is 11.8 Å². The number of aliphatic carboxylic acids is 2. The Balaban J connectivity index is 0.000000201. The highest BCUT2D eigenvalue weighted by atomic mass is 32.2. The number of piperidine rings is 2. The zero-order chi connectivity index (χ0) is 47.5. The summed E-state index contributed by atoms with van der Waals surface area (Å²) < 4.78 is 0. The minimum atomic E-state index is -0.749. The van der Waals surface area contributed by atoms with Gasteiger partial charge in [0.25, 0.3) is 11.8 Å². The van der Waals surface area contributed by atoms with Gasteiger partial charge in [-0.05, 0) is 118 Å². The summed E-state index contributed by atoms with van der Waals surface area (Å²) >= 11 is 3.23. The lowest BCUT2D eigenvalue weighted by Gasteiger charge is -2.33. The van der Waals surface area contributed by atoms with Gasteiger partial charge in [0.1, 0.15) is 21.7 Å². The van der Waals surface area contributed by atoms with Gasteiger partial charge in [-0.3, -0.25) is 24.2 Å². The van der Waals surface area contributed by atoms with Crippen LogP contribution in [-0.2, 0) is 22.4 Å². The maximum absolute atomic E-state index is 13.2. The molecule has 1 aromatic carbocycles. The molecule has 4 aliphatic rings. The van der Waals surface area contributed by atoms with Crippen LogP contribution >= 0.6 is 23.5 Å². The van der Waals surface area contributed by atoms with E-state index in [1.165, 1.54) is 44.1 Å². The summed E-state index contributed by atoms with van der Waals surface area (Å²) in [6.07, 6.45) is 20.9. The fourth-order valence-electron chi connectivity index (χ4n) is 9.89. The van der Waals surface area contributed by atoms with Gasteiger partial charge in [-0.1, -0.05) is 74.9 Å². The van der Waals surface area contributed by atoms with Crippen LogP contribution in [0.5, 0.6) is 0 Å². The second-order valence-corrected chi connectivity index (χ2v) is 21.0. The van der Waals surface area contributed by atoms with Crippen LogP contribution in [0.1, 0.15) is 135 Å². The third-order valence-corrected chi connectivity index (χ3v) is 15.5. The summed E-state index contributed by atoms with van der Waals surface area (Å²) in [5.41, 5.74) is 3.70. The maximum Gasteiger partial charge on any atom is 0.303 e. The summed E-state index contributed by atoms with van der Waals surface area (Å²) in [4.78, 5) is 67.2. The first-order valence-corrected chi connectivity index (χ1v) is 26.9. The van der Waals surface area contributed by atoms with Crippen molar-refractivity contribution in [1.82, 2.24) is 25.6 Å². The second-order valence-electron chi connectivity index (χ2n) is 18.8. The molecule has 8 rings (SSSR count). The molecule has 2 aliphatic heterocycles. The van der Waals surface area contributed by atoms with E-state index in [4.69, 9.17) is 9.97 Å². The highest BCUT2D eigenvalue weighted by Gasteiger charge is 2.27. The van der Waals surface area contributed by atoms with Gasteiger partial charge in [-0.15, -0.1) is 23.5 Å². The molecule has 2 saturated carbocycles. The zero-order valence-corrected chi connectivity index (χ0v) is 41.0. The summed E-state index contributed by atoms with van der Waals surface area (Å²) in [5.74, 6) is 2.00. The lowest BCUT2D eigenvalue weighted by molar-refractivity contribution is -0.139. The number of nitrogens with one attached hydrogen (secondary N) is 2. The number of carboxylic acid groups (broad SMARTS) is 2. The van der Waals surface area contributed by atoms with Crippen molar-refractivity contribution in [2.45, 2.75) is 138 Å². The molecule has 4 aromatic rings. The predicted molar refractivity (Wildman–Crippen MR) is 271 cm³/mol. The molecule has 364 valence electrons. The fourth-order valence-corrected chi connectivity index (χ4v) is 11.9. The lowest BCUT2D eigenvalue weighted by Crippen LogP contribution is -2.38. The molecule has 68 heavy (non-hydrogen) atoms. The van der Waals surface area contributed by atoms with Crippen LogP contribution in [-0.4, -0.2) is 98.7 Å². The summed E-state index contributed by atoms with van der Waals surface area (Å²) in [6, 6.07) is 22.5. The second kappa shape index (κ2) is 26.6. The Bertz CT molecular complexity index is 2090. The number of carboxylic acids is 2. The van der Waals surface area contributed by atoms with Crippen molar-refractivity contribution in [3.05, 3.63) is 101 Å². The average molecular weight is 964 g/mol. The normalized spacial score (nSPS) is 19.1. The van der Waals surface area contributed by atoms with Crippen molar-refractivity contribution < 1.29 is 29.4 Å². The Morgan fingerprint density at radius 2 is 1.03 bits per heavy atom. The quantitative estimate of drug-likeness (QED) is 0.0694. The molecule has 15 heteroatoms. The highest BCUT2D eigenvalue weighted by Crippen LogP contribution is 2.31. The number of aryl methyl sites for hydroxylation is 2. The molecule has 4 N–H and O–H groups in total. The molecule has 0 spiro atoms. The van der Waals surface area contributed by atoms with E-state index in [2.05, 4.69) is 43.6 Å². The molecular formula is C53H69N7O6S2. The number of thioether (sulfide) groups is 2. The summed E-state index contributed by atoms with van der Waals surface area (Å²) in [6.45, 7) is 3.11. The minimum Gasteiger partial charge on any atom is -0.481 e. The fraction of sp³-hybridized carbons (Fsp3) is 0.528. The molecule has 2 aliphatic carbocycles. The topological polar surface area (TPSA) is 178 Å². The molecule has 0 radical (unpaired) electrons. The Labute approximate surface area is 410 Å². The van der Waals surface area contributed by atoms with E-state index >= 15 is 0 Å². The van der Waals surface area contributed by atoms with Gasteiger partial charge in [0.2, 0.25) is 0 Å². The van der Waals surface area contributed by atoms with Crippen molar-refractivity contribution in [3.8, 4) is 0 Å². The van der Waals surface area contributed by atoms with Crippen molar-refractivity contribution in [1.29, 1.82) is 0 Å². The van der Waals surface area contributed by atoms with Gasteiger partial charge in [-0.2, -0.15) is 0 Å². The van der Waals surface area contributed by atoms with Crippen LogP contribution in [0.25, 0.3) is 0 Å². The average Bonchev–Trinajstić information content (AvgIpc) is 3.35. The molecule has 2 atom stereocenters. The van der Waals surface area contributed by atoms with Gasteiger partial charge in [0.05, 0.1) is 11.1 Å². The Morgan fingerprint density at radius 1 is 0.559 bits per heavy atom.